The number of ether oxygens (including phenoxy) is 1. The van der Waals surface area contributed by atoms with Gasteiger partial charge in [0.25, 0.3) is 0 Å². The van der Waals surface area contributed by atoms with Crippen molar-refractivity contribution in [3.8, 4) is 11.1 Å². The van der Waals surface area contributed by atoms with Gasteiger partial charge in [-0.2, -0.15) is 0 Å². The molecule has 1 saturated heterocycles. The first kappa shape index (κ1) is 42.2. The molecule has 0 spiro atoms. The van der Waals surface area contributed by atoms with Gasteiger partial charge in [-0.1, -0.05) is 119 Å². The van der Waals surface area contributed by atoms with Crippen LogP contribution in [0.3, 0.4) is 0 Å². The van der Waals surface area contributed by atoms with Crippen LogP contribution in [0.1, 0.15) is 96.4 Å². The van der Waals surface area contributed by atoms with Crippen molar-refractivity contribution < 1.29 is 9.53 Å². The summed E-state index contributed by atoms with van der Waals surface area (Å²) in [7, 11) is 0. The molecule has 5 aromatic rings. The summed E-state index contributed by atoms with van der Waals surface area (Å²) in [5, 5.41) is 9.99. The van der Waals surface area contributed by atoms with E-state index in [2.05, 4.69) is 95.0 Å². The number of fused-ring (bicyclic) bond motifs is 1. The molecule has 290 valence electrons. The van der Waals surface area contributed by atoms with Crippen molar-refractivity contribution >= 4 is 34.6 Å². The molecule has 1 aliphatic rings. The van der Waals surface area contributed by atoms with Crippen LogP contribution in [-0.2, 0) is 17.8 Å². The summed E-state index contributed by atoms with van der Waals surface area (Å²) in [4.78, 5) is 23.9. The van der Waals surface area contributed by atoms with E-state index in [9.17, 15) is 4.79 Å². The number of halogens is 1. The maximum absolute atomic E-state index is 11.5. The summed E-state index contributed by atoms with van der Waals surface area (Å²) in [6, 6.07) is 26.5. The molecule has 2 unspecified atom stereocenters. The summed E-state index contributed by atoms with van der Waals surface area (Å²) in [6.07, 6.45) is 12.7. The number of urea groups is 1. The molecule has 2 amide bonds. The second kappa shape index (κ2) is 23.3. The van der Waals surface area contributed by atoms with Gasteiger partial charge in [0.15, 0.2) is 11.5 Å². The Labute approximate surface area is 326 Å². The molecule has 2 aromatic heterocycles. The van der Waals surface area contributed by atoms with Gasteiger partial charge in [0, 0.05) is 24.7 Å². The predicted octanol–water partition coefficient (Wildman–Crippen LogP) is 9.70. The van der Waals surface area contributed by atoms with Crippen LogP contribution in [0.4, 0.5) is 10.6 Å². The van der Waals surface area contributed by atoms with Crippen molar-refractivity contribution in [2.45, 2.75) is 104 Å². The Balaban J connectivity index is 0.000000181. The fourth-order valence-corrected chi connectivity index (χ4v) is 6.11. The standard InChI is InChI=1S/C18H22ClN.C14H22N2O.C11H15N5O/c1-2-3-4-12-20-14-15-6-5-7-17(13-15)16-8-10-18(19)11-9-16;1-3-12(2)9-10-15-14(17)16-11-13-7-5-4-6-8-13;1-2-7-3-4-8(17-7)16-6-15-9-10(12)13-5-14-11(9)16/h5-11,13,20H,2-4,12,14H2,1H3;4-8,12H,3,9-11H2,1-2H3,(H2,15,16,17);5-8H,2-4H2,1H3,(H2,12,13,14)/t;12-;/m.1./s1. The maximum Gasteiger partial charge on any atom is 0.315 e. The van der Waals surface area contributed by atoms with Crippen molar-refractivity contribution in [2.75, 3.05) is 18.8 Å². The maximum atomic E-state index is 11.5. The van der Waals surface area contributed by atoms with Crippen molar-refractivity contribution in [2.24, 2.45) is 5.92 Å². The van der Waals surface area contributed by atoms with Crippen LogP contribution < -0.4 is 21.7 Å². The zero-order valence-corrected chi connectivity index (χ0v) is 33.2. The first-order chi connectivity index (χ1) is 26.3. The number of carbonyl (C=O) groups excluding carboxylic acids is 1. The molecule has 54 heavy (non-hydrogen) atoms. The molecule has 3 atom stereocenters. The molecule has 1 fully saturated rings. The third kappa shape index (κ3) is 14.0. The molecule has 1 aliphatic heterocycles. The zero-order chi connectivity index (χ0) is 38.5. The van der Waals surface area contributed by atoms with Crippen LogP contribution in [-0.4, -0.2) is 44.7 Å². The second-order valence-electron chi connectivity index (χ2n) is 13.8. The van der Waals surface area contributed by atoms with E-state index in [1.807, 2.05) is 47.0 Å². The third-order valence-electron chi connectivity index (χ3n) is 9.54. The molecule has 0 bridgehead atoms. The van der Waals surface area contributed by atoms with Crippen LogP contribution in [0, 0.1) is 5.92 Å². The molecule has 10 nitrogen and oxygen atoms in total. The smallest absolute Gasteiger partial charge is 0.315 e. The SMILES string of the molecule is CCC1CCC(n2cnc3c(N)ncnc32)O1.CCCCCNCc1cccc(-c2ccc(Cl)cc2)c1.CC[C@@H](C)CCNC(=O)NCc1ccccc1. The first-order valence-corrected chi connectivity index (χ1v) is 19.9. The number of amides is 2. The molecule has 0 radical (unpaired) electrons. The molecular formula is C43H59ClN8O2. The number of aromatic nitrogens is 4. The van der Waals surface area contributed by atoms with Gasteiger partial charge >= 0.3 is 6.03 Å². The molecule has 0 aliphatic carbocycles. The van der Waals surface area contributed by atoms with Gasteiger partial charge in [-0.05, 0) is 85.0 Å². The second-order valence-corrected chi connectivity index (χ2v) is 14.2. The minimum atomic E-state index is -0.0860. The number of rotatable bonds is 15. The number of anilines is 1. The highest BCUT2D eigenvalue weighted by atomic mass is 35.5. The molecule has 3 aromatic carbocycles. The molecule has 0 saturated carbocycles. The van der Waals surface area contributed by atoms with Crippen LogP contribution >= 0.6 is 11.6 Å². The largest absolute Gasteiger partial charge is 0.382 e. The monoisotopic (exact) mass is 754 g/mol. The van der Waals surface area contributed by atoms with E-state index < -0.39 is 0 Å². The first-order valence-electron chi connectivity index (χ1n) is 19.5. The van der Waals surface area contributed by atoms with E-state index in [4.69, 9.17) is 22.1 Å². The number of nitrogen functional groups attached to an aromatic ring is 1. The fraction of sp³-hybridized carbons (Fsp3) is 0.442. The minimum Gasteiger partial charge on any atom is -0.382 e. The van der Waals surface area contributed by atoms with E-state index in [0.29, 0.717) is 29.9 Å². The van der Waals surface area contributed by atoms with Gasteiger partial charge in [0.2, 0.25) is 0 Å². The van der Waals surface area contributed by atoms with Crippen LogP contribution in [0.25, 0.3) is 22.3 Å². The van der Waals surface area contributed by atoms with Crippen molar-refractivity contribution in [3.63, 3.8) is 0 Å². The van der Waals surface area contributed by atoms with Crippen molar-refractivity contribution in [1.29, 1.82) is 0 Å². The van der Waals surface area contributed by atoms with E-state index in [1.54, 1.807) is 6.33 Å². The summed E-state index contributed by atoms with van der Waals surface area (Å²) in [5.41, 5.74) is 12.1. The zero-order valence-electron chi connectivity index (χ0n) is 32.4. The minimum absolute atomic E-state index is 0.0271. The quantitative estimate of drug-likeness (QED) is 0.0783. The summed E-state index contributed by atoms with van der Waals surface area (Å²) >= 11 is 5.93. The lowest BCUT2D eigenvalue weighted by Gasteiger charge is -2.13. The molecule has 5 N–H and O–H groups in total. The van der Waals surface area contributed by atoms with Gasteiger partial charge in [0.1, 0.15) is 18.1 Å². The number of nitrogens with zero attached hydrogens (tertiary/aromatic N) is 4. The molecule has 11 heteroatoms. The highest BCUT2D eigenvalue weighted by molar-refractivity contribution is 6.30. The predicted molar refractivity (Wildman–Crippen MR) is 222 cm³/mol. The Bertz CT molecular complexity index is 1800. The van der Waals surface area contributed by atoms with Crippen molar-refractivity contribution in [3.05, 3.63) is 108 Å². The summed E-state index contributed by atoms with van der Waals surface area (Å²) in [5.74, 6) is 1.09. The Hall–Kier alpha value is -4.51. The number of hydrogen-bond donors (Lipinski definition) is 4. The van der Waals surface area contributed by atoms with Gasteiger partial charge in [-0.3, -0.25) is 4.57 Å². The van der Waals surface area contributed by atoms with Crippen LogP contribution in [0.5, 0.6) is 0 Å². The van der Waals surface area contributed by atoms with Gasteiger partial charge < -0.3 is 26.4 Å². The summed E-state index contributed by atoms with van der Waals surface area (Å²) in [6.45, 7) is 12.1. The number of benzene rings is 3. The summed E-state index contributed by atoms with van der Waals surface area (Å²) < 4.78 is 7.87. The fourth-order valence-electron chi connectivity index (χ4n) is 5.99. The topological polar surface area (TPSA) is 132 Å². The number of hydrogen-bond acceptors (Lipinski definition) is 7. The number of nitrogens with two attached hydrogens (primary N) is 1. The van der Waals surface area contributed by atoms with E-state index in [1.165, 1.54) is 42.3 Å². The average molecular weight is 755 g/mol. The van der Waals surface area contributed by atoms with E-state index in [-0.39, 0.29) is 12.3 Å². The number of nitrogens with one attached hydrogen (secondary N) is 3. The molecular weight excluding hydrogens is 696 g/mol. The third-order valence-corrected chi connectivity index (χ3v) is 9.80. The average Bonchev–Trinajstić information content (AvgIpc) is 3.87. The van der Waals surface area contributed by atoms with Crippen molar-refractivity contribution in [1.82, 2.24) is 35.5 Å². The number of carbonyl (C=O) groups is 1. The van der Waals surface area contributed by atoms with E-state index in [0.717, 1.165) is 68.0 Å². The molecule has 6 rings (SSSR count). The van der Waals surface area contributed by atoms with E-state index >= 15 is 0 Å². The highest BCUT2D eigenvalue weighted by Crippen LogP contribution is 2.32. The van der Waals surface area contributed by atoms with Crippen LogP contribution in [0.15, 0.2) is 91.5 Å². The van der Waals surface area contributed by atoms with Gasteiger partial charge in [-0.25, -0.2) is 19.7 Å². The number of unbranched alkanes of at least 4 members (excludes halogenated alkanes) is 2. The number of imidazole rings is 1. The Morgan fingerprint density at radius 1 is 0.889 bits per heavy atom. The Morgan fingerprint density at radius 2 is 1.67 bits per heavy atom. The lowest BCUT2D eigenvalue weighted by atomic mass is 10.0. The lowest BCUT2D eigenvalue weighted by molar-refractivity contribution is 0.00289. The van der Waals surface area contributed by atoms with Crippen LogP contribution in [0.2, 0.25) is 5.02 Å². The lowest BCUT2D eigenvalue weighted by Crippen LogP contribution is -2.35. The Kier molecular flexibility index (Phi) is 18.2. The highest BCUT2D eigenvalue weighted by Gasteiger charge is 2.27. The Morgan fingerprint density at radius 3 is 2.39 bits per heavy atom. The van der Waals surface area contributed by atoms with Gasteiger partial charge in [-0.15, -0.1) is 0 Å². The van der Waals surface area contributed by atoms with Gasteiger partial charge in [0.05, 0.1) is 12.4 Å². The molecule has 3 heterocycles. The normalized spacial score (nSPS) is 15.4.